The lowest BCUT2D eigenvalue weighted by Crippen LogP contribution is -2.30. The van der Waals surface area contributed by atoms with Gasteiger partial charge in [0.05, 0.1) is 0 Å². The Labute approximate surface area is 386 Å². The molecule has 0 aromatic rings. The minimum atomic E-state index is -0.847. The number of rotatable bonds is 43. The van der Waals surface area contributed by atoms with Crippen LogP contribution in [0.2, 0.25) is 0 Å². The molecule has 63 heavy (non-hydrogen) atoms. The lowest BCUT2D eigenvalue weighted by Gasteiger charge is -2.18. The second-order valence-corrected chi connectivity index (χ2v) is 16.0. The third-order valence-electron chi connectivity index (χ3n) is 9.99. The van der Waals surface area contributed by atoms with Gasteiger partial charge in [-0.1, -0.05) is 219 Å². The van der Waals surface area contributed by atoms with Crippen molar-refractivity contribution in [3.05, 3.63) is 122 Å². The van der Waals surface area contributed by atoms with Crippen LogP contribution in [0.3, 0.4) is 0 Å². The number of ether oxygens (including phenoxy) is 3. The molecule has 0 aromatic carbocycles. The van der Waals surface area contributed by atoms with E-state index in [2.05, 4.69) is 118 Å². The van der Waals surface area contributed by atoms with Crippen LogP contribution in [0, 0.1) is 0 Å². The monoisotopic (exact) mass is 871 g/mol. The standard InChI is InChI=1S/C57H90O6/c1-4-7-10-13-16-19-22-25-26-27-28-29-30-33-35-38-41-44-47-50-56(59)62-53-54(63-57(60)51-48-45-42-39-36-32-24-21-18-15-12-9-6-3)52-61-55(58)49-46-43-40-37-34-31-23-20-17-14-11-8-5-2/h7,9-10,12,16,18-19,21,25-26,28-29,32-33,35-36,41-42,44-45,54H,4-6,8,11,13-15,17,20,22-24,27,30-31,34,37-40,43,46-53H2,1-3H3/b10-7-,12-9-,19-16-,21-18-,26-25-,29-28-,35-33-,36-32-,44-41-,45-42-. The molecule has 0 bridgehead atoms. The number of esters is 3. The molecule has 0 aliphatic rings. The molecule has 0 aromatic heterocycles. The SMILES string of the molecule is CC/C=C\C/C=C\C/C=C\C/C=C\C/C=C\C/C=C\CCC(=O)OCC(COC(=O)CCCCCCCCCCCCCCC)OC(=O)CC/C=C\C/C=C\C/C=C\C/C=C\CC. The molecule has 0 saturated carbocycles. The van der Waals surface area contributed by atoms with Crippen molar-refractivity contribution in [2.24, 2.45) is 0 Å². The van der Waals surface area contributed by atoms with Crippen molar-refractivity contribution >= 4 is 17.9 Å². The number of hydrogen-bond acceptors (Lipinski definition) is 6. The van der Waals surface area contributed by atoms with Crippen molar-refractivity contribution in [3.63, 3.8) is 0 Å². The Bertz CT molecular complexity index is 1370. The maximum absolute atomic E-state index is 12.7. The van der Waals surface area contributed by atoms with Crippen LogP contribution in [0.4, 0.5) is 0 Å². The summed E-state index contributed by atoms with van der Waals surface area (Å²) in [6.07, 6.45) is 69.2. The van der Waals surface area contributed by atoms with E-state index in [9.17, 15) is 14.4 Å². The molecule has 6 nitrogen and oxygen atoms in total. The summed E-state index contributed by atoms with van der Waals surface area (Å²) in [7, 11) is 0. The summed E-state index contributed by atoms with van der Waals surface area (Å²) in [6.45, 7) is 6.26. The van der Waals surface area contributed by atoms with Gasteiger partial charge in [0.25, 0.3) is 0 Å². The highest BCUT2D eigenvalue weighted by Gasteiger charge is 2.19. The Morgan fingerprint density at radius 1 is 0.333 bits per heavy atom. The van der Waals surface area contributed by atoms with E-state index in [0.717, 1.165) is 83.5 Å². The van der Waals surface area contributed by atoms with Gasteiger partial charge in [-0.15, -0.1) is 0 Å². The maximum atomic E-state index is 12.7. The van der Waals surface area contributed by atoms with Gasteiger partial charge in [0, 0.05) is 19.3 Å². The number of carbonyl (C=O) groups is 3. The summed E-state index contributed by atoms with van der Waals surface area (Å²) < 4.78 is 16.6. The smallest absolute Gasteiger partial charge is 0.306 e. The van der Waals surface area contributed by atoms with Gasteiger partial charge in [0.15, 0.2) is 6.10 Å². The molecule has 1 atom stereocenters. The van der Waals surface area contributed by atoms with Gasteiger partial charge in [-0.2, -0.15) is 0 Å². The minimum Gasteiger partial charge on any atom is -0.462 e. The van der Waals surface area contributed by atoms with Gasteiger partial charge < -0.3 is 14.2 Å². The lowest BCUT2D eigenvalue weighted by molar-refractivity contribution is -0.166. The summed E-state index contributed by atoms with van der Waals surface area (Å²) in [4.78, 5) is 37.8. The highest BCUT2D eigenvalue weighted by atomic mass is 16.6. The van der Waals surface area contributed by atoms with Gasteiger partial charge in [-0.25, -0.2) is 0 Å². The fourth-order valence-corrected chi connectivity index (χ4v) is 6.30. The Hall–Kier alpha value is -4.19. The van der Waals surface area contributed by atoms with Gasteiger partial charge >= 0.3 is 17.9 Å². The summed E-state index contributed by atoms with van der Waals surface area (Å²) in [6, 6.07) is 0. The zero-order chi connectivity index (χ0) is 45.8. The van der Waals surface area contributed by atoms with E-state index in [4.69, 9.17) is 14.2 Å². The zero-order valence-electron chi connectivity index (χ0n) is 40.3. The lowest BCUT2D eigenvalue weighted by atomic mass is 10.0. The van der Waals surface area contributed by atoms with Crippen molar-refractivity contribution in [2.45, 2.75) is 207 Å². The zero-order valence-corrected chi connectivity index (χ0v) is 40.3. The summed E-state index contributed by atoms with van der Waals surface area (Å²) in [5, 5.41) is 0. The molecule has 0 fully saturated rings. The predicted octanol–water partition coefficient (Wildman–Crippen LogP) is 16.5. The first kappa shape index (κ1) is 58.8. The van der Waals surface area contributed by atoms with Crippen LogP contribution in [0.25, 0.3) is 0 Å². The van der Waals surface area contributed by atoms with Crippen LogP contribution < -0.4 is 0 Å². The van der Waals surface area contributed by atoms with Crippen molar-refractivity contribution in [1.82, 2.24) is 0 Å². The molecule has 0 spiro atoms. The van der Waals surface area contributed by atoms with E-state index in [1.807, 2.05) is 24.3 Å². The fraction of sp³-hybridized carbons (Fsp3) is 0.596. The molecule has 0 heterocycles. The third-order valence-corrected chi connectivity index (χ3v) is 9.99. The normalized spacial score (nSPS) is 13.1. The Morgan fingerprint density at radius 2 is 0.619 bits per heavy atom. The minimum absolute atomic E-state index is 0.132. The van der Waals surface area contributed by atoms with Crippen LogP contribution in [-0.2, 0) is 28.6 Å². The summed E-state index contributed by atoms with van der Waals surface area (Å²) in [5.74, 6) is -1.11. The van der Waals surface area contributed by atoms with Crippen LogP contribution in [0.5, 0.6) is 0 Å². The molecule has 6 heteroatoms. The van der Waals surface area contributed by atoms with Gasteiger partial charge in [-0.3, -0.25) is 14.4 Å². The second kappa shape index (κ2) is 50.5. The van der Waals surface area contributed by atoms with Gasteiger partial charge in [0.1, 0.15) is 13.2 Å². The molecule has 354 valence electrons. The fourth-order valence-electron chi connectivity index (χ4n) is 6.30. The highest BCUT2D eigenvalue weighted by molar-refractivity contribution is 5.71. The molecule has 0 saturated heterocycles. The molecule has 0 radical (unpaired) electrons. The Balaban J connectivity index is 4.59. The first-order valence-corrected chi connectivity index (χ1v) is 25.0. The first-order chi connectivity index (χ1) is 31.0. The quantitative estimate of drug-likeness (QED) is 0.0263. The molecule has 0 aliphatic heterocycles. The van der Waals surface area contributed by atoms with Gasteiger partial charge in [0.2, 0.25) is 0 Å². The Morgan fingerprint density at radius 3 is 0.968 bits per heavy atom. The maximum Gasteiger partial charge on any atom is 0.306 e. The van der Waals surface area contributed by atoms with Crippen LogP contribution >= 0.6 is 0 Å². The van der Waals surface area contributed by atoms with Crippen molar-refractivity contribution in [2.75, 3.05) is 13.2 Å². The van der Waals surface area contributed by atoms with Crippen molar-refractivity contribution < 1.29 is 28.6 Å². The molecule has 0 amide bonds. The molecular formula is C57H90O6. The van der Waals surface area contributed by atoms with Crippen LogP contribution in [0.1, 0.15) is 201 Å². The van der Waals surface area contributed by atoms with E-state index >= 15 is 0 Å². The van der Waals surface area contributed by atoms with Crippen molar-refractivity contribution in [1.29, 1.82) is 0 Å². The third kappa shape index (κ3) is 48.7. The van der Waals surface area contributed by atoms with Crippen LogP contribution in [-0.4, -0.2) is 37.2 Å². The largest absolute Gasteiger partial charge is 0.462 e. The van der Waals surface area contributed by atoms with Gasteiger partial charge in [-0.05, 0) is 83.5 Å². The van der Waals surface area contributed by atoms with E-state index < -0.39 is 12.1 Å². The molecule has 0 N–H and O–H groups in total. The Kier molecular flexibility index (Phi) is 47.1. The first-order valence-electron chi connectivity index (χ1n) is 25.0. The summed E-state index contributed by atoms with van der Waals surface area (Å²) in [5.41, 5.74) is 0. The van der Waals surface area contributed by atoms with E-state index in [-0.39, 0.29) is 38.0 Å². The number of carbonyl (C=O) groups excluding carboxylic acids is 3. The second-order valence-electron chi connectivity index (χ2n) is 16.0. The molecule has 1 unspecified atom stereocenters. The number of allylic oxidation sites excluding steroid dienone is 20. The number of hydrogen-bond donors (Lipinski definition) is 0. The molecule has 0 rings (SSSR count). The topological polar surface area (TPSA) is 78.9 Å². The van der Waals surface area contributed by atoms with Crippen LogP contribution in [0.15, 0.2) is 122 Å². The highest BCUT2D eigenvalue weighted by Crippen LogP contribution is 2.14. The average molecular weight is 871 g/mol. The van der Waals surface area contributed by atoms with E-state index in [0.29, 0.717) is 19.3 Å². The molecular weight excluding hydrogens is 781 g/mol. The van der Waals surface area contributed by atoms with E-state index in [1.54, 1.807) is 0 Å². The van der Waals surface area contributed by atoms with E-state index in [1.165, 1.54) is 64.2 Å². The summed E-state index contributed by atoms with van der Waals surface area (Å²) >= 11 is 0. The predicted molar refractivity (Wildman–Crippen MR) is 269 cm³/mol. The number of unbranched alkanes of at least 4 members (excludes halogenated alkanes) is 12. The molecule has 0 aliphatic carbocycles. The average Bonchev–Trinajstić information content (AvgIpc) is 3.28. The van der Waals surface area contributed by atoms with Crippen molar-refractivity contribution in [3.8, 4) is 0 Å².